The molecule has 1 aromatic heterocycles. The highest BCUT2D eigenvalue weighted by Crippen LogP contribution is 2.29. The Kier molecular flexibility index (Phi) is 3.06. The van der Waals surface area contributed by atoms with Crippen LogP contribution in [0, 0.1) is 0 Å². The Morgan fingerprint density at radius 3 is 2.55 bits per heavy atom. The van der Waals surface area contributed by atoms with Crippen LogP contribution in [0.4, 0.5) is 0 Å². The van der Waals surface area contributed by atoms with Gasteiger partial charge in [0.15, 0.2) is 5.58 Å². The molecule has 0 unspecified atom stereocenters. The van der Waals surface area contributed by atoms with Gasteiger partial charge in [-0.1, -0.05) is 44.5 Å². The molecule has 0 saturated heterocycles. The summed E-state index contributed by atoms with van der Waals surface area (Å²) in [6, 6.07) is 13.7. The predicted molar refractivity (Wildman–Crippen MR) is 83.2 cm³/mol. The highest BCUT2D eigenvalue weighted by molar-refractivity contribution is 6.30. The largest absolute Gasteiger partial charge is 0.436 e. The minimum atomic E-state index is 0.101. The van der Waals surface area contributed by atoms with E-state index in [1.54, 1.807) is 0 Å². The summed E-state index contributed by atoms with van der Waals surface area (Å²) < 4.78 is 5.81. The van der Waals surface area contributed by atoms with Crippen molar-refractivity contribution in [2.24, 2.45) is 0 Å². The Balaban J connectivity index is 2.11. The van der Waals surface area contributed by atoms with E-state index < -0.39 is 0 Å². The summed E-state index contributed by atoms with van der Waals surface area (Å²) in [7, 11) is 0. The fourth-order valence-electron chi connectivity index (χ4n) is 2.14. The van der Waals surface area contributed by atoms with Gasteiger partial charge in [-0.2, -0.15) is 0 Å². The number of oxazole rings is 1. The smallest absolute Gasteiger partial charge is 0.227 e. The molecule has 0 atom stereocenters. The number of aromatic nitrogens is 1. The van der Waals surface area contributed by atoms with E-state index in [-0.39, 0.29) is 5.41 Å². The molecule has 0 N–H and O–H groups in total. The molecular formula is C17H16ClNO. The van der Waals surface area contributed by atoms with Crippen molar-refractivity contribution in [3.8, 4) is 11.5 Å². The van der Waals surface area contributed by atoms with Gasteiger partial charge < -0.3 is 4.42 Å². The summed E-state index contributed by atoms with van der Waals surface area (Å²) >= 11 is 6.01. The monoisotopic (exact) mass is 285 g/mol. The minimum Gasteiger partial charge on any atom is -0.436 e. The van der Waals surface area contributed by atoms with E-state index in [2.05, 4.69) is 37.9 Å². The Morgan fingerprint density at radius 2 is 1.85 bits per heavy atom. The fourth-order valence-corrected chi connectivity index (χ4v) is 2.33. The molecule has 0 aliphatic carbocycles. The highest BCUT2D eigenvalue weighted by atomic mass is 35.5. The molecule has 0 aliphatic rings. The average molecular weight is 286 g/mol. The van der Waals surface area contributed by atoms with Crippen molar-refractivity contribution in [3.05, 3.63) is 53.1 Å². The van der Waals surface area contributed by atoms with Gasteiger partial charge in [0.25, 0.3) is 0 Å². The number of nitrogens with zero attached hydrogens (tertiary/aromatic N) is 1. The Hall–Kier alpha value is -1.80. The van der Waals surface area contributed by atoms with Gasteiger partial charge in [-0.15, -0.1) is 0 Å². The molecule has 1 heterocycles. The van der Waals surface area contributed by atoms with E-state index in [0.717, 1.165) is 16.7 Å². The van der Waals surface area contributed by atoms with Crippen LogP contribution in [-0.4, -0.2) is 4.98 Å². The minimum absolute atomic E-state index is 0.101. The molecule has 0 saturated carbocycles. The molecule has 0 fully saturated rings. The second kappa shape index (κ2) is 4.64. The molecule has 3 aromatic rings. The lowest BCUT2D eigenvalue weighted by atomic mass is 9.87. The number of benzene rings is 2. The van der Waals surface area contributed by atoms with Crippen molar-refractivity contribution >= 4 is 22.7 Å². The lowest BCUT2D eigenvalue weighted by Crippen LogP contribution is -2.10. The third-order valence-corrected chi connectivity index (χ3v) is 3.56. The second-order valence-corrected chi connectivity index (χ2v) is 6.40. The van der Waals surface area contributed by atoms with Crippen LogP contribution >= 0.6 is 11.6 Å². The van der Waals surface area contributed by atoms with Gasteiger partial charge in [0.05, 0.1) is 0 Å². The topological polar surface area (TPSA) is 26.0 Å². The van der Waals surface area contributed by atoms with Gasteiger partial charge in [0, 0.05) is 10.6 Å². The number of halogens is 1. The molecule has 3 heteroatoms. The molecule has 0 amide bonds. The Labute approximate surface area is 123 Å². The summed E-state index contributed by atoms with van der Waals surface area (Å²) in [5, 5.41) is 0.681. The number of rotatable bonds is 1. The van der Waals surface area contributed by atoms with Crippen LogP contribution in [0.2, 0.25) is 5.02 Å². The quantitative estimate of drug-likeness (QED) is 0.594. The molecule has 3 rings (SSSR count). The van der Waals surface area contributed by atoms with Gasteiger partial charge in [-0.25, -0.2) is 4.98 Å². The zero-order valence-corrected chi connectivity index (χ0v) is 12.5. The standard InChI is InChI=1S/C17H16ClNO/c1-17(2,3)12-7-8-15-14(10-12)19-16(20-15)11-5-4-6-13(18)9-11/h4-10H,1-3H3. The number of fused-ring (bicyclic) bond motifs is 1. The molecule has 0 radical (unpaired) electrons. The van der Waals surface area contributed by atoms with E-state index >= 15 is 0 Å². The van der Waals surface area contributed by atoms with Crippen LogP contribution in [0.5, 0.6) is 0 Å². The van der Waals surface area contributed by atoms with E-state index in [1.165, 1.54) is 5.56 Å². The summed E-state index contributed by atoms with van der Waals surface area (Å²) in [5.41, 5.74) is 3.92. The molecule has 2 nitrogen and oxygen atoms in total. The normalized spacial score (nSPS) is 12.0. The maximum atomic E-state index is 6.01. The molecule has 0 aliphatic heterocycles. The van der Waals surface area contributed by atoms with Gasteiger partial charge in [-0.05, 0) is 41.3 Å². The summed E-state index contributed by atoms with van der Waals surface area (Å²) in [6.45, 7) is 6.56. The van der Waals surface area contributed by atoms with E-state index in [4.69, 9.17) is 16.0 Å². The molecule has 20 heavy (non-hydrogen) atoms. The Bertz CT molecular complexity index is 768. The van der Waals surface area contributed by atoms with Crippen molar-refractivity contribution in [3.63, 3.8) is 0 Å². The predicted octanol–water partition coefficient (Wildman–Crippen LogP) is 5.45. The summed E-state index contributed by atoms with van der Waals surface area (Å²) in [6.07, 6.45) is 0. The van der Waals surface area contributed by atoms with Crippen molar-refractivity contribution in [2.45, 2.75) is 26.2 Å². The van der Waals surface area contributed by atoms with Crippen LogP contribution in [0.3, 0.4) is 0 Å². The third kappa shape index (κ3) is 2.44. The number of hydrogen-bond acceptors (Lipinski definition) is 2. The van der Waals surface area contributed by atoms with Crippen molar-refractivity contribution in [1.29, 1.82) is 0 Å². The van der Waals surface area contributed by atoms with E-state index in [0.29, 0.717) is 10.9 Å². The van der Waals surface area contributed by atoms with Gasteiger partial charge in [0.2, 0.25) is 5.89 Å². The first-order valence-corrected chi connectivity index (χ1v) is 6.98. The SMILES string of the molecule is CC(C)(C)c1ccc2oc(-c3cccc(Cl)c3)nc2c1. The van der Waals surface area contributed by atoms with Crippen LogP contribution in [0.1, 0.15) is 26.3 Å². The first-order chi connectivity index (χ1) is 9.43. The van der Waals surface area contributed by atoms with Gasteiger partial charge >= 0.3 is 0 Å². The molecular weight excluding hydrogens is 270 g/mol. The fraction of sp³-hybridized carbons (Fsp3) is 0.235. The lowest BCUT2D eigenvalue weighted by Gasteiger charge is -2.18. The van der Waals surface area contributed by atoms with Crippen LogP contribution in [0.15, 0.2) is 46.9 Å². The molecule has 102 valence electrons. The maximum Gasteiger partial charge on any atom is 0.227 e. The summed E-state index contributed by atoms with van der Waals surface area (Å²) in [5.74, 6) is 0.605. The zero-order chi connectivity index (χ0) is 14.3. The third-order valence-electron chi connectivity index (χ3n) is 3.33. The average Bonchev–Trinajstić information content (AvgIpc) is 2.80. The van der Waals surface area contributed by atoms with E-state index in [1.807, 2.05) is 30.3 Å². The van der Waals surface area contributed by atoms with Crippen molar-refractivity contribution < 1.29 is 4.42 Å². The van der Waals surface area contributed by atoms with Gasteiger partial charge in [0.1, 0.15) is 5.52 Å². The molecule has 2 aromatic carbocycles. The van der Waals surface area contributed by atoms with Crippen molar-refractivity contribution in [1.82, 2.24) is 4.98 Å². The highest BCUT2D eigenvalue weighted by Gasteiger charge is 2.16. The molecule has 0 bridgehead atoms. The number of hydrogen-bond donors (Lipinski definition) is 0. The van der Waals surface area contributed by atoms with E-state index in [9.17, 15) is 0 Å². The van der Waals surface area contributed by atoms with Gasteiger partial charge in [-0.3, -0.25) is 0 Å². The Morgan fingerprint density at radius 1 is 1.05 bits per heavy atom. The maximum absolute atomic E-state index is 6.01. The lowest BCUT2D eigenvalue weighted by molar-refractivity contribution is 0.590. The summed E-state index contributed by atoms with van der Waals surface area (Å²) in [4.78, 5) is 4.57. The van der Waals surface area contributed by atoms with Crippen molar-refractivity contribution in [2.75, 3.05) is 0 Å². The molecule has 0 spiro atoms. The van der Waals surface area contributed by atoms with Crippen LogP contribution in [0.25, 0.3) is 22.6 Å². The van der Waals surface area contributed by atoms with Crippen LogP contribution in [-0.2, 0) is 5.41 Å². The first-order valence-electron chi connectivity index (χ1n) is 6.60. The van der Waals surface area contributed by atoms with Crippen LogP contribution < -0.4 is 0 Å². The second-order valence-electron chi connectivity index (χ2n) is 5.96. The zero-order valence-electron chi connectivity index (χ0n) is 11.8. The first kappa shape index (κ1) is 13.2.